The lowest BCUT2D eigenvalue weighted by atomic mass is 9.89. The molecule has 2 atom stereocenters. The lowest BCUT2D eigenvalue weighted by Gasteiger charge is -2.38. The third-order valence-electron chi connectivity index (χ3n) is 4.60. The van der Waals surface area contributed by atoms with E-state index >= 15 is 0 Å². The molecule has 0 radical (unpaired) electrons. The minimum absolute atomic E-state index is 0.760. The van der Waals surface area contributed by atoms with Gasteiger partial charge in [-0.3, -0.25) is 0 Å². The number of likely N-dealkylation sites (N-methyl/N-ethyl adjacent to an activating group) is 1. The first kappa shape index (κ1) is 11.0. The number of piperidine rings is 1. The summed E-state index contributed by atoms with van der Waals surface area (Å²) in [5.74, 6) is 3.14. The first-order valence-corrected chi connectivity index (χ1v) is 7.23. The van der Waals surface area contributed by atoms with Gasteiger partial charge >= 0.3 is 0 Å². The van der Waals surface area contributed by atoms with Crippen molar-refractivity contribution in [1.29, 1.82) is 0 Å². The van der Waals surface area contributed by atoms with Crippen LogP contribution in [-0.4, -0.2) is 37.6 Å². The maximum absolute atomic E-state index is 3.51. The first-order chi connectivity index (χ1) is 7.83. The zero-order valence-electron chi connectivity index (χ0n) is 10.6. The molecule has 2 nitrogen and oxygen atoms in total. The molecule has 1 aliphatic heterocycles. The SMILES string of the molecule is CNC1CC(CC2CC2)CN(CC2CC2)C1. The van der Waals surface area contributed by atoms with Crippen LogP contribution in [0.4, 0.5) is 0 Å². The van der Waals surface area contributed by atoms with E-state index in [1.54, 1.807) is 0 Å². The summed E-state index contributed by atoms with van der Waals surface area (Å²) in [6, 6.07) is 0.760. The number of nitrogens with one attached hydrogen (secondary N) is 1. The van der Waals surface area contributed by atoms with Crippen molar-refractivity contribution >= 4 is 0 Å². The molecular formula is C14H26N2. The molecule has 3 aliphatic rings. The van der Waals surface area contributed by atoms with Crippen LogP contribution in [0.5, 0.6) is 0 Å². The van der Waals surface area contributed by atoms with Crippen LogP contribution in [-0.2, 0) is 0 Å². The van der Waals surface area contributed by atoms with Gasteiger partial charge in [0.15, 0.2) is 0 Å². The number of hydrogen-bond donors (Lipinski definition) is 1. The van der Waals surface area contributed by atoms with Gasteiger partial charge in [-0.05, 0) is 50.5 Å². The Hall–Kier alpha value is -0.0800. The molecule has 1 heterocycles. The molecule has 92 valence electrons. The number of likely N-dealkylation sites (tertiary alicyclic amines) is 1. The van der Waals surface area contributed by atoms with Crippen LogP contribution in [0, 0.1) is 17.8 Å². The average molecular weight is 222 g/mol. The second-order valence-electron chi connectivity index (χ2n) is 6.43. The van der Waals surface area contributed by atoms with E-state index in [2.05, 4.69) is 17.3 Å². The largest absolute Gasteiger partial charge is 0.316 e. The van der Waals surface area contributed by atoms with E-state index in [-0.39, 0.29) is 0 Å². The lowest BCUT2D eigenvalue weighted by Crippen LogP contribution is -2.48. The molecule has 2 aliphatic carbocycles. The molecular weight excluding hydrogens is 196 g/mol. The summed E-state index contributed by atoms with van der Waals surface area (Å²) < 4.78 is 0. The van der Waals surface area contributed by atoms with Crippen LogP contribution in [0.15, 0.2) is 0 Å². The summed E-state index contributed by atoms with van der Waals surface area (Å²) >= 11 is 0. The van der Waals surface area contributed by atoms with Crippen molar-refractivity contribution in [3.05, 3.63) is 0 Å². The van der Waals surface area contributed by atoms with E-state index in [0.717, 1.165) is 23.8 Å². The molecule has 2 unspecified atom stereocenters. The van der Waals surface area contributed by atoms with Crippen LogP contribution in [0.25, 0.3) is 0 Å². The topological polar surface area (TPSA) is 15.3 Å². The molecule has 0 spiro atoms. The maximum Gasteiger partial charge on any atom is 0.0195 e. The van der Waals surface area contributed by atoms with Crippen molar-refractivity contribution in [3.8, 4) is 0 Å². The quantitative estimate of drug-likeness (QED) is 0.766. The molecule has 16 heavy (non-hydrogen) atoms. The summed E-state index contributed by atoms with van der Waals surface area (Å²) in [5.41, 5.74) is 0. The van der Waals surface area contributed by atoms with Gasteiger partial charge in [-0.15, -0.1) is 0 Å². The maximum atomic E-state index is 3.51. The van der Waals surface area contributed by atoms with Crippen molar-refractivity contribution in [2.45, 2.75) is 44.6 Å². The van der Waals surface area contributed by atoms with E-state index in [0.29, 0.717) is 0 Å². The molecule has 0 aromatic carbocycles. The fourth-order valence-corrected chi connectivity index (χ4v) is 3.32. The Labute approximate surface area is 99.8 Å². The Morgan fingerprint density at radius 2 is 1.75 bits per heavy atom. The Bertz CT molecular complexity index is 211. The molecule has 0 aromatic rings. The highest BCUT2D eigenvalue weighted by molar-refractivity contribution is 4.88. The molecule has 2 heteroatoms. The minimum Gasteiger partial charge on any atom is -0.316 e. The Morgan fingerprint density at radius 1 is 1.00 bits per heavy atom. The van der Waals surface area contributed by atoms with Crippen LogP contribution in [0.2, 0.25) is 0 Å². The molecule has 0 bridgehead atoms. The fourth-order valence-electron chi connectivity index (χ4n) is 3.32. The summed E-state index contributed by atoms with van der Waals surface area (Å²) in [6.07, 6.45) is 8.96. The first-order valence-electron chi connectivity index (χ1n) is 7.23. The highest BCUT2D eigenvalue weighted by Gasteiger charge is 2.33. The minimum atomic E-state index is 0.760. The van der Waals surface area contributed by atoms with E-state index in [4.69, 9.17) is 0 Å². The van der Waals surface area contributed by atoms with Crippen molar-refractivity contribution in [2.24, 2.45) is 17.8 Å². The molecule has 0 aromatic heterocycles. The Balaban J connectivity index is 1.51. The molecule has 1 saturated heterocycles. The van der Waals surface area contributed by atoms with Gasteiger partial charge in [-0.25, -0.2) is 0 Å². The molecule has 2 saturated carbocycles. The predicted molar refractivity (Wildman–Crippen MR) is 67.5 cm³/mol. The zero-order chi connectivity index (χ0) is 11.0. The summed E-state index contributed by atoms with van der Waals surface area (Å²) in [5, 5.41) is 3.51. The van der Waals surface area contributed by atoms with Gasteiger partial charge in [0, 0.05) is 25.7 Å². The second-order valence-corrected chi connectivity index (χ2v) is 6.43. The highest BCUT2D eigenvalue weighted by atomic mass is 15.2. The number of hydrogen-bond acceptors (Lipinski definition) is 2. The van der Waals surface area contributed by atoms with Crippen LogP contribution >= 0.6 is 0 Å². The van der Waals surface area contributed by atoms with Crippen molar-refractivity contribution < 1.29 is 0 Å². The molecule has 3 fully saturated rings. The zero-order valence-corrected chi connectivity index (χ0v) is 10.6. The van der Waals surface area contributed by atoms with Gasteiger partial charge in [0.1, 0.15) is 0 Å². The third kappa shape index (κ3) is 2.98. The van der Waals surface area contributed by atoms with Gasteiger partial charge < -0.3 is 10.2 Å². The standard InChI is InChI=1S/C14H26N2/c1-15-14-7-13(6-11-2-3-11)9-16(10-14)8-12-4-5-12/h11-15H,2-10H2,1H3. The van der Waals surface area contributed by atoms with Gasteiger partial charge in [-0.1, -0.05) is 12.8 Å². The van der Waals surface area contributed by atoms with Crippen molar-refractivity contribution in [3.63, 3.8) is 0 Å². The smallest absolute Gasteiger partial charge is 0.0195 e. The fraction of sp³-hybridized carbons (Fsp3) is 1.00. The number of nitrogens with zero attached hydrogens (tertiary/aromatic N) is 1. The van der Waals surface area contributed by atoms with Crippen LogP contribution < -0.4 is 5.32 Å². The van der Waals surface area contributed by atoms with Crippen LogP contribution in [0.3, 0.4) is 0 Å². The summed E-state index contributed by atoms with van der Waals surface area (Å²) in [6.45, 7) is 4.08. The summed E-state index contributed by atoms with van der Waals surface area (Å²) in [7, 11) is 2.14. The monoisotopic (exact) mass is 222 g/mol. The molecule has 0 amide bonds. The predicted octanol–water partition coefficient (Wildman–Crippen LogP) is 2.11. The van der Waals surface area contributed by atoms with E-state index in [1.165, 1.54) is 58.2 Å². The van der Waals surface area contributed by atoms with Crippen molar-refractivity contribution in [2.75, 3.05) is 26.7 Å². The van der Waals surface area contributed by atoms with Gasteiger partial charge in [0.25, 0.3) is 0 Å². The Morgan fingerprint density at radius 3 is 2.38 bits per heavy atom. The van der Waals surface area contributed by atoms with E-state index in [1.807, 2.05) is 0 Å². The van der Waals surface area contributed by atoms with Crippen LogP contribution in [0.1, 0.15) is 38.5 Å². The normalized spacial score (nSPS) is 36.6. The summed E-state index contributed by atoms with van der Waals surface area (Å²) in [4.78, 5) is 2.75. The molecule has 3 rings (SSSR count). The molecule has 1 N–H and O–H groups in total. The number of rotatable bonds is 5. The van der Waals surface area contributed by atoms with Gasteiger partial charge in [0.05, 0.1) is 0 Å². The lowest BCUT2D eigenvalue weighted by molar-refractivity contribution is 0.131. The van der Waals surface area contributed by atoms with E-state index in [9.17, 15) is 0 Å². The van der Waals surface area contributed by atoms with Crippen molar-refractivity contribution in [1.82, 2.24) is 10.2 Å². The average Bonchev–Trinajstić information content (AvgIpc) is 3.13. The van der Waals surface area contributed by atoms with Gasteiger partial charge in [0.2, 0.25) is 0 Å². The second kappa shape index (κ2) is 4.66. The Kier molecular flexibility index (Phi) is 3.21. The third-order valence-corrected chi connectivity index (χ3v) is 4.60. The van der Waals surface area contributed by atoms with E-state index < -0.39 is 0 Å². The van der Waals surface area contributed by atoms with Gasteiger partial charge in [-0.2, -0.15) is 0 Å². The highest BCUT2D eigenvalue weighted by Crippen LogP contribution is 2.38.